The molecule has 0 aromatic heterocycles. The van der Waals surface area contributed by atoms with Crippen LogP contribution >= 0.6 is 0 Å². The fourth-order valence-corrected chi connectivity index (χ4v) is 3.06. The van der Waals surface area contributed by atoms with Crippen LogP contribution in [-0.4, -0.2) is 29.2 Å². The van der Waals surface area contributed by atoms with E-state index in [2.05, 4.69) is 24.5 Å². The van der Waals surface area contributed by atoms with Crippen molar-refractivity contribution >= 4 is 12.0 Å². The molecule has 0 aliphatic heterocycles. The van der Waals surface area contributed by atoms with E-state index in [-0.39, 0.29) is 12.1 Å². The first-order valence-corrected chi connectivity index (χ1v) is 7.79. The van der Waals surface area contributed by atoms with Crippen molar-refractivity contribution in [3.05, 3.63) is 0 Å². The third-order valence-electron chi connectivity index (χ3n) is 4.52. The molecule has 0 bridgehead atoms. The predicted octanol–water partition coefficient (Wildman–Crippen LogP) is 2.75. The number of hydrogen-bond donors (Lipinski definition) is 3. The van der Waals surface area contributed by atoms with E-state index >= 15 is 0 Å². The van der Waals surface area contributed by atoms with E-state index in [1.165, 1.54) is 0 Å². The van der Waals surface area contributed by atoms with Crippen molar-refractivity contribution in [2.75, 3.05) is 0 Å². The Morgan fingerprint density at radius 1 is 1.30 bits per heavy atom. The van der Waals surface area contributed by atoms with Gasteiger partial charge in [-0.1, -0.05) is 40.0 Å². The molecule has 5 heteroatoms. The van der Waals surface area contributed by atoms with E-state index in [1.807, 2.05) is 6.92 Å². The lowest BCUT2D eigenvalue weighted by atomic mass is 9.93. The molecule has 2 amide bonds. The second-order valence-electron chi connectivity index (χ2n) is 5.86. The highest BCUT2D eigenvalue weighted by atomic mass is 16.4. The normalized spacial score (nSPS) is 27.1. The number of urea groups is 1. The maximum Gasteiger partial charge on any atom is 0.326 e. The van der Waals surface area contributed by atoms with Gasteiger partial charge in [0.25, 0.3) is 0 Å². The van der Waals surface area contributed by atoms with Crippen molar-refractivity contribution in [2.45, 2.75) is 71.4 Å². The number of nitrogens with one attached hydrogen (secondary N) is 2. The molecule has 3 unspecified atom stereocenters. The first-order valence-electron chi connectivity index (χ1n) is 7.79. The summed E-state index contributed by atoms with van der Waals surface area (Å²) >= 11 is 0. The van der Waals surface area contributed by atoms with Crippen molar-refractivity contribution in [3.8, 4) is 0 Å². The maximum absolute atomic E-state index is 11.9. The summed E-state index contributed by atoms with van der Waals surface area (Å²) in [4.78, 5) is 23.0. The van der Waals surface area contributed by atoms with E-state index in [1.54, 1.807) is 0 Å². The SMILES string of the molecule is CCCC[C@H](NC(=O)NC1CCC(CC)C1C)C(=O)O. The summed E-state index contributed by atoms with van der Waals surface area (Å²) in [5.41, 5.74) is 0. The topological polar surface area (TPSA) is 78.4 Å². The molecule has 3 N–H and O–H groups in total. The van der Waals surface area contributed by atoms with Crippen molar-refractivity contribution in [3.63, 3.8) is 0 Å². The molecule has 1 rings (SSSR count). The van der Waals surface area contributed by atoms with Gasteiger partial charge >= 0.3 is 12.0 Å². The zero-order chi connectivity index (χ0) is 15.1. The maximum atomic E-state index is 11.9. The first-order chi connectivity index (χ1) is 9.49. The molecule has 5 nitrogen and oxygen atoms in total. The molecule has 1 aliphatic carbocycles. The Kier molecular flexibility index (Phi) is 6.82. The molecule has 0 spiro atoms. The number of rotatable bonds is 7. The molecule has 0 saturated heterocycles. The highest BCUT2D eigenvalue weighted by Crippen LogP contribution is 2.33. The molecule has 1 fully saturated rings. The number of unbranched alkanes of at least 4 members (excludes halogenated alkanes) is 1. The molecule has 20 heavy (non-hydrogen) atoms. The Hall–Kier alpha value is -1.26. The van der Waals surface area contributed by atoms with E-state index in [4.69, 9.17) is 5.11 Å². The molecule has 0 heterocycles. The summed E-state index contributed by atoms with van der Waals surface area (Å²) in [6.07, 6.45) is 5.47. The lowest BCUT2D eigenvalue weighted by Gasteiger charge is -2.22. The van der Waals surface area contributed by atoms with E-state index in [0.29, 0.717) is 18.3 Å². The number of hydrogen-bond acceptors (Lipinski definition) is 2. The van der Waals surface area contributed by atoms with Gasteiger partial charge in [-0.3, -0.25) is 0 Å². The zero-order valence-electron chi connectivity index (χ0n) is 12.8. The monoisotopic (exact) mass is 284 g/mol. The number of aliphatic carboxylic acids is 1. The first kappa shape index (κ1) is 16.8. The van der Waals surface area contributed by atoms with Crippen molar-refractivity contribution in [1.29, 1.82) is 0 Å². The zero-order valence-corrected chi connectivity index (χ0v) is 12.8. The Labute approximate surface area is 121 Å². The highest BCUT2D eigenvalue weighted by Gasteiger charge is 2.33. The number of carbonyl (C=O) groups is 2. The van der Waals surface area contributed by atoms with Crippen LogP contribution in [0.25, 0.3) is 0 Å². The number of carboxylic acids is 1. The van der Waals surface area contributed by atoms with Crippen LogP contribution in [0.3, 0.4) is 0 Å². The average Bonchev–Trinajstić information content (AvgIpc) is 2.75. The standard InChI is InChI=1S/C15H28N2O3/c1-4-6-7-13(14(18)19)17-15(20)16-12-9-8-11(5-2)10(12)3/h10-13H,4-9H2,1-3H3,(H,18,19)(H2,16,17,20)/t10?,11?,12?,13-/m0/s1. The van der Waals surface area contributed by atoms with Gasteiger partial charge in [-0.15, -0.1) is 0 Å². The molecule has 0 aromatic rings. The van der Waals surface area contributed by atoms with Crippen LogP contribution < -0.4 is 10.6 Å². The van der Waals surface area contributed by atoms with Crippen LogP contribution in [0, 0.1) is 11.8 Å². The fraction of sp³-hybridized carbons (Fsp3) is 0.867. The van der Waals surface area contributed by atoms with Gasteiger partial charge in [0.15, 0.2) is 0 Å². The second kappa shape index (κ2) is 8.12. The van der Waals surface area contributed by atoms with Crippen LogP contribution in [0.4, 0.5) is 4.79 Å². The Bertz CT molecular complexity index is 333. The Balaban J connectivity index is 2.44. The Morgan fingerprint density at radius 2 is 2.00 bits per heavy atom. The van der Waals surface area contributed by atoms with Gasteiger partial charge < -0.3 is 15.7 Å². The third-order valence-corrected chi connectivity index (χ3v) is 4.52. The lowest BCUT2D eigenvalue weighted by Crippen LogP contribution is -2.49. The van der Waals surface area contributed by atoms with Gasteiger partial charge in [-0.25, -0.2) is 9.59 Å². The van der Waals surface area contributed by atoms with Gasteiger partial charge in [0.1, 0.15) is 6.04 Å². The molecule has 1 saturated carbocycles. The number of carbonyl (C=O) groups excluding carboxylic acids is 1. The highest BCUT2D eigenvalue weighted by molar-refractivity contribution is 5.82. The minimum Gasteiger partial charge on any atom is -0.480 e. The minimum absolute atomic E-state index is 0.167. The van der Waals surface area contributed by atoms with E-state index in [9.17, 15) is 9.59 Å². The summed E-state index contributed by atoms with van der Waals surface area (Å²) in [7, 11) is 0. The van der Waals surface area contributed by atoms with Crippen LogP contribution in [0.2, 0.25) is 0 Å². The summed E-state index contributed by atoms with van der Waals surface area (Å²) in [6.45, 7) is 6.34. The van der Waals surface area contributed by atoms with Crippen LogP contribution in [0.5, 0.6) is 0 Å². The van der Waals surface area contributed by atoms with Crippen molar-refractivity contribution in [2.24, 2.45) is 11.8 Å². The van der Waals surface area contributed by atoms with E-state index < -0.39 is 12.0 Å². The predicted molar refractivity (Wildman–Crippen MR) is 78.6 cm³/mol. The molecule has 4 atom stereocenters. The van der Waals surface area contributed by atoms with Gasteiger partial charge in [0, 0.05) is 6.04 Å². The van der Waals surface area contributed by atoms with Crippen molar-refractivity contribution < 1.29 is 14.7 Å². The number of carboxylic acid groups (broad SMARTS) is 1. The molecule has 0 aromatic carbocycles. The quantitative estimate of drug-likeness (QED) is 0.672. The largest absolute Gasteiger partial charge is 0.480 e. The fourth-order valence-electron chi connectivity index (χ4n) is 3.06. The Morgan fingerprint density at radius 3 is 2.50 bits per heavy atom. The second-order valence-corrected chi connectivity index (χ2v) is 5.86. The van der Waals surface area contributed by atoms with Crippen LogP contribution in [-0.2, 0) is 4.79 Å². The third kappa shape index (κ3) is 4.69. The van der Waals surface area contributed by atoms with E-state index in [0.717, 1.165) is 32.1 Å². The molecular formula is C15H28N2O3. The van der Waals surface area contributed by atoms with Gasteiger partial charge in [0.05, 0.1) is 0 Å². The van der Waals surface area contributed by atoms with Crippen molar-refractivity contribution in [1.82, 2.24) is 10.6 Å². The molecule has 0 radical (unpaired) electrons. The van der Waals surface area contributed by atoms with Gasteiger partial charge in [-0.05, 0) is 31.1 Å². The lowest BCUT2D eigenvalue weighted by molar-refractivity contribution is -0.139. The van der Waals surface area contributed by atoms with Crippen LogP contribution in [0.15, 0.2) is 0 Å². The number of amides is 2. The van der Waals surface area contributed by atoms with Crippen LogP contribution in [0.1, 0.15) is 59.3 Å². The summed E-state index contributed by atoms with van der Waals surface area (Å²) in [5.74, 6) is 0.167. The van der Waals surface area contributed by atoms with Gasteiger partial charge in [-0.2, -0.15) is 0 Å². The minimum atomic E-state index is -0.959. The molecule has 1 aliphatic rings. The summed E-state index contributed by atoms with van der Waals surface area (Å²) in [5, 5.41) is 14.6. The summed E-state index contributed by atoms with van der Waals surface area (Å²) < 4.78 is 0. The molecular weight excluding hydrogens is 256 g/mol. The molecule has 116 valence electrons. The smallest absolute Gasteiger partial charge is 0.326 e. The summed E-state index contributed by atoms with van der Waals surface area (Å²) in [6, 6.07) is -0.962. The van der Waals surface area contributed by atoms with Gasteiger partial charge in [0.2, 0.25) is 0 Å². The average molecular weight is 284 g/mol.